The number of ketones is 1. The lowest BCUT2D eigenvalue weighted by Crippen LogP contribution is -2.51. The largest absolute Gasteiger partial charge is 0.507 e. The van der Waals surface area contributed by atoms with Gasteiger partial charge in [-0.2, -0.15) is 0 Å². The van der Waals surface area contributed by atoms with Gasteiger partial charge in [-0.25, -0.2) is 0 Å². The first-order chi connectivity index (χ1) is 16.2. The number of carbonyl (C=O) groups is 2. The molecule has 6 nitrogen and oxygen atoms in total. The number of Topliss-reactive ketones (excluding diaryl/α,β-unsaturated/α-hetero) is 1. The van der Waals surface area contributed by atoms with Crippen molar-refractivity contribution in [1.82, 2.24) is 10.6 Å². The number of phenolic OH excluding ortho intramolecular Hbond substituents is 1. The number of aromatic hydroxyl groups is 1. The summed E-state index contributed by atoms with van der Waals surface area (Å²) in [5.74, 6) is 1.14. The molecular formula is C28H39IN2O4. The first-order valence-electron chi connectivity index (χ1n) is 12.0. The Balaban J connectivity index is 1.79. The summed E-state index contributed by atoms with van der Waals surface area (Å²) in [4.78, 5) is 25.1. The third-order valence-corrected chi connectivity index (χ3v) is 6.24. The monoisotopic (exact) mass is 594 g/mol. The van der Waals surface area contributed by atoms with Crippen molar-refractivity contribution in [2.24, 2.45) is 5.41 Å². The first-order valence-corrected chi connectivity index (χ1v) is 13.1. The molecule has 1 unspecified atom stereocenters. The number of hydrogen-bond donors (Lipinski definition) is 3. The lowest BCUT2D eigenvalue weighted by Gasteiger charge is -2.32. The molecule has 0 aliphatic heterocycles. The second-order valence-corrected chi connectivity index (χ2v) is 12.1. The van der Waals surface area contributed by atoms with E-state index in [0.29, 0.717) is 32.4 Å². The van der Waals surface area contributed by atoms with Crippen molar-refractivity contribution in [2.45, 2.75) is 72.4 Å². The fraction of sp³-hybridized carbons (Fsp3) is 0.500. The van der Waals surface area contributed by atoms with Crippen LogP contribution in [0.1, 0.15) is 59.1 Å². The van der Waals surface area contributed by atoms with Gasteiger partial charge >= 0.3 is 0 Å². The van der Waals surface area contributed by atoms with E-state index in [9.17, 15) is 14.7 Å². The molecule has 3 N–H and O–H groups in total. The van der Waals surface area contributed by atoms with Crippen molar-refractivity contribution in [1.29, 1.82) is 0 Å². The van der Waals surface area contributed by atoms with Gasteiger partial charge in [0.05, 0.1) is 16.2 Å². The Kier molecular flexibility index (Phi) is 10.6. The van der Waals surface area contributed by atoms with Crippen LogP contribution in [0.2, 0.25) is 0 Å². The van der Waals surface area contributed by atoms with Crippen LogP contribution in [0.25, 0.3) is 0 Å². The molecule has 0 spiro atoms. The van der Waals surface area contributed by atoms with E-state index in [-0.39, 0.29) is 29.0 Å². The van der Waals surface area contributed by atoms with Crippen LogP contribution in [-0.2, 0) is 22.4 Å². The number of halogens is 1. The molecule has 0 aromatic heterocycles. The van der Waals surface area contributed by atoms with E-state index in [1.807, 2.05) is 57.2 Å². The Labute approximate surface area is 223 Å². The van der Waals surface area contributed by atoms with Gasteiger partial charge < -0.3 is 20.5 Å². The second-order valence-electron chi connectivity index (χ2n) is 10.9. The second kappa shape index (κ2) is 12.7. The van der Waals surface area contributed by atoms with Crippen molar-refractivity contribution in [3.05, 3.63) is 57.2 Å². The van der Waals surface area contributed by atoms with Crippen molar-refractivity contribution in [2.75, 3.05) is 13.2 Å². The lowest BCUT2D eigenvalue weighted by molar-refractivity contribution is -0.129. The summed E-state index contributed by atoms with van der Waals surface area (Å²) in [5.41, 5.74) is 1.50. The molecule has 0 radical (unpaired) electrons. The van der Waals surface area contributed by atoms with Crippen LogP contribution in [-0.4, -0.2) is 41.5 Å². The molecular weight excluding hydrogens is 555 g/mol. The summed E-state index contributed by atoms with van der Waals surface area (Å²) in [6, 6.07) is 12.9. The van der Waals surface area contributed by atoms with E-state index in [1.165, 1.54) is 0 Å². The van der Waals surface area contributed by atoms with Gasteiger partial charge in [-0.3, -0.25) is 9.59 Å². The van der Waals surface area contributed by atoms with Crippen molar-refractivity contribution in [3.63, 3.8) is 0 Å². The molecule has 7 heteroatoms. The minimum absolute atomic E-state index is 0.0343. The SMILES string of the molecule is CC(C)(C)NC(Cc1ccc(OCCNC(=O)CCc2ccc(O)c(I)c2)cc1)C(=O)C(C)(C)C. The van der Waals surface area contributed by atoms with E-state index in [0.717, 1.165) is 20.4 Å². The molecule has 1 amide bonds. The standard InChI is InChI=1S/C28H39IN2O4/c1-27(2,3)26(34)23(31-28(4,5)6)18-20-7-11-21(12-8-20)35-16-15-30-25(33)14-10-19-9-13-24(32)22(29)17-19/h7-9,11-13,17,23,31-32H,10,14-16,18H2,1-6H3,(H,30,33). The molecule has 2 aromatic rings. The highest BCUT2D eigenvalue weighted by molar-refractivity contribution is 14.1. The first kappa shape index (κ1) is 29.1. The topological polar surface area (TPSA) is 87.7 Å². The van der Waals surface area contributed by atoms with Crippen LogP contribution in [0.5, 0.6) is 11.5 Å². The molecule has 0 bridgehead atoms. The number of phenols is 1. The van der Waals surface area contributed by atoms with Gasteiger partial charge in [-0.15, -0.1) is 0 Å². The molecule has 192 valence electrons. The summed E-state index contributed by atoms with van der Waals surface area (Å²) < 4.78 is 6.54. The number of nitrogens with one attached hydrogen (secondary N) is 2. The van der Waals surface area contributed by atoms with Gasteiger partial charge in [0.15, 0.2) is 5.78 Å². The molecule has 0 aliphatic carbocycles. The lowest BCUT2D eigenvalue weighted by atomic mass is 9.83. The molecule has 2 rings (SSSR count). The molecule has 35 heavy (non-hydrogen) atoms. The van der Waals surface area contributed by atoms with E-state index < -0.39 is 5.41 Å². The molecule has 0 fully saturated rings. The minimum Gasteiger partial charge on any atom is -0.507 e. The maximum Gasteiger partial charge on any atom is 0.220 e. The van der Waals surface area contributed by atoms with Gasteiger partial charge in [-0.1, -0.05) is 39.0 Å². The zero-order valence-electron chi connectivity index (χ0n) is 21.7. The number of amides is 1. The highest BCUT2D eigenvalue weighted by Crippen LogP contribution is 2.22. The summed E-state index contributed by atoms with van der Waals surface area (Å²) in [5, 5.41) is 15.9. The van der Waals surface area contributed by atoms with Crippen LogP contribution in [0.4, 0.5) is 0 Å². The average Bonchev–Trinajstić information content (AvgIpc) is 2.76. The fourth-order valence-electron chi connectivity index (χ4n) is 3.62. The van der Waals surface area contributed by atoms with E-state index >= 15 is 0 Å². The third-order valence-electron chi connectivity index (χ3n) is 5.37. The van der Waals surface area contributed by atoms with Gasteiger partial charge in [0, 0.05) is 17.4 Å². The maximum atomic E-state index is 13.0. The van der Waals surface area contributed by atoms with Gasteiger partial charge in [0.25, 0.3) is 0 Å². The number of ether oxygens (including phenoxy) is 1. The zero-order chi connectivity index (χ0) is 26.2. The molecule has 1 atom stereocenters. The summed E-state index contributed by atoms with van der Waals surface area (Å²) in [7, 11) is 0. The summed E-state index contributed by atoms with van der Waals surface area (Å²) >= 11 is 2.07. The molecule has 0 saturated heterocycles. The number of aryl methyl sites for hydroxylation is 1. The highest BCUT2D eigenvalue weighted by atomic mass is 127. The van der Waals surface area contributed by atoms with Crippen LogP contribution >= 0.6 is 22.6 Å². The number of hydrogen-bond acceptors (Lipinski definition) is 5. The zero-order valence-corrected chi connectivity index (χ0v) is 23.9. The van der Waals surface area contributed by atoms with Crippen LogP contribution in [0.3, 0.4) is 0 Å². The smallest absolute Gasteiger partial charge is 0.220 e. The number of benzene rings is 2. The Bertz CT molecular complexity index is 991. The normalized spacial score (nSPS) is 12.8. The molecule has 0 aliphatic rings. The molecule has 0 saturated carbocycles. The highest BCUT2D eigenvalue weighted by Gasteiger charge is 2.32. The maximum absolute atomic E-state index is 13.0. The number of carbonyl (C=O) groups excluding carboxylic acids is 2. The Morgan fingerprint density at radius 1 is 1.00 bits per heavy atom. The Hall–Kier alpha value is -2.13. The van der Waals surface area contributed by atoms with Crippen LogP contribution < -0.4 is 15.4 Å². The fourth-order valence-corrected chi connectivity index (χ4v) is 4.20. The van der Waals surface area contributed by atoms with Gasteiger partial charge in [-0.05, 0) is 91.6 Å². The molecule has 0 heterocycles. The minimum atomic E-state index is -0.418. The van der Waals surface area contributed by atoms with Crippen molar-refractivity contribution in [3.8, 4) is 11.5 Å². The van der Waals surface area contributed by atoms with Crippen LogP contribution in [0, 0.1) is 8.99 Å². The van der Waals surface area contributed by atoms with E-state index in [2.05, 4.69) is 54.0 Å². The van der Waals surface area contributed by atoms with Crippen molar-refractivity contribution < 1.29 is 19.4 Å². The third kappa shape index (κ3) is 10.6. The predicted molar refractivity (Wildman–Crippen MR) is 149 cm³/mol. The van der Waals surface area contributed by atoms with E-state index in [1.54, 1.807) is 6.07 Å². The quantitative estimate of drug-likeness (QED) is 0.251. The summed E-state index contributed by atoms with van der Waals surface area (Å²) in [6.45, 7) is 12.9. The van der Waals surface area contributed by atoms with Gasteiger partial charge in [0.2, 0.25) is 5.91 Å². The number of rotatable bonds is 11. The average molecular weight is 595 g/mol. The van der Waals surface area contributed by atoms with Crippen LogP contribution in [0.15, 0.2) is 42.5 Å². The molecule has 2 aromatic carbocycles. The predicted octanol–water partition coefficient (Wildman–Crippen LogP) is 5.04. The summed E-state index contributed by atoms with van der Waals surface area (Å²) in [6.07, 6.45) is 1.61. The van der Waals surface area contributed by atoms with E-state index in [4.69, 9.17) is 4.74 Å². The Morgan fingerprint density at radius 3 is 2.20 bits per heavy atom. The van der Waals surface area contributed by atoms with Crippen molar-refractivity contribution >= 4 is 34.3 Å². The Morgan fingerprint density at radius 2 is 1.63 bits per heavy atom. The van der Waals surface area contributed by atoms with Gasteiger partial charge in [0.1, 0.15) is 18.1 Å².